The van der Waals surface area contributed by atoms with E-state index in [1.807, 2.05) is 6.07 Å². The molecular formula is C12H8BrCl2NO. The fraction of sp³-hybridized carbons (Fsp3) is 0.0833. The van der Waals surface area contributed by atoms with Gasteiger partial charge < -0.3 is 5.11 Å². The van der Waals surface area contributed by atoms with E-state index in [-0.39, 0.29) is 0 Å². The third-order valence-corrected chi connectivity index (χ3v) is 3.55. The van der Waals surface area contributed by atoms with Gasteiger partial charge in [-0.05, 0) is 46.3 Å². The number of hydrogen-bond acceptors (Lipinski definition) is 2. The van der Waals surface area contributed by atoms with Crippen molar-refractivity contribution in [2.75, 3.05) is 0 Å². The Morgan fingerprint density at radius 2 is 2.00 bits per heavy atom. The smallest absolute Gasteiger partial charge is 0.124 e. The Labute approximate surface area is 117 Å². The summed E-state index contributed by atoms with van der Waals surface area (Å²) in [5.41, 5.74) is 1.05. The van der Waals surface area contributed by atoms with Gasteiger partial charge in [-0.15, -0.1) is 0 Å². The summed E-state index contributed by atoms with van der Waals surface area (Å²) in [6.07, 6.45) is 0.707. The molecule has 0 spiro atoms. The molecule has 17 heavy (non-hydrogen) atoms. The second kappa shape index (κ2) is 5.36. The van der Waals surface area contributed by atoms with Gasteiger partial charge in [0, 0.05) is 26.3 Å². The monoisotopic (exact) mass is 331 g/mol. The van der Waals surface area contributed by atoms with E-state index in [4.69, 9.17) is 23.2 Å². The van der Waals surface area contributed by atoms with Crippen LogP contribution in [-0.4, -0.2) is 10.1 Å². The number of aromatic nitrogens is 1. The quantitative estimate of drug-likeness (QED) is 0.892. The summed E-state index contributed by atoms with van der Waals surface area (Å²) in [6, 6.07) is 8.55. The maximum Gasteiger partial charge on any atom is 0.124 e. The molecule has 1 unspecified atom stereocenters. The molecule has 0 fully saturated rings. The predicted octanol–water partition coefficient (Wildman–Crippen LogP) is 4.23. The highest BCUT2D eigenvalue weighted by molar-refractivity contribution is 9.10. The van der Waals surface area contributed by atoms with E-state index in [1.54, 1.807) is 30.5 Å². The Morgan fingerprint density at radius 3 is 2.71 bits per heavy atom. The molecule has 0 saturated heterocycles. The minimum Gasteiger partial charge on any atom is -0.382 e. The second-order valence-electron chi connectivity index (χ2n) is 3.44. The fourth-order valence-electron chi connectivity index (χ4n) is 1.47. The van der Waals surface area contributed by atoms with Gasteiger partial charge in [-0.3, -0.25) is 4.98 Å². The lowest BCUT2D eigenvalue weighted by atomic mass is 10.1. The maximum absolute atomic E-state index is 10.2. The van der Waals surface area contributed by atoms with Crippen LogP contribution in [0.4, 0.5) is 0 Å². The van der Waals surface area contributed by atoms with Crippen molar-refractivity contribution in [1.82, 2.24) is 4.98 Å². The molecule has 1 N–H and O–H groups in total. The van der Waals surface area contributed by atoms with Gasteiger partial charge in [0.15, 0.2) is 0 Å². The van der Waals surface area contributed by atoms with Gasteiger partial charge in [0.1, 0.15) is 6.10 Å². The van der Waals surface area contributed by atoms with E-state index in [9.17, 15) is 5.11 Å². The van der Waals surface area contributed by atoms with Crippen LogP contribution in [-0.2, 0) is 0 Å². The minimum absolute atomic E-state index is 0.458. The van der Waals surface area contributed by atoms with Crippen molar-refractivity contribution < 1.29 is 5.11 Å². The van der Waals surface area contributed by atoms with Crippen molar-refractivity contribution in [2.24, 2.45) is 0 Å². The lowest BCUT2D eigenvalue weighted by Crippen LogP contribution is -2.04. The van der Waals surface area contributed by atoms with E-state index in [0.29, 0.717) is 21.3 Å². The molecule has 1 aromatic carbocycles. The number of aliphatic hydroxyl groups is 1. The molecule has 88 valence electrons. The molecule has 0 amide bonds. The molecule has 5 heteroatoms. The van der Waals surface area contributed by atoms with Crippen LogP contribution in [0.2, 0.25) is 10.0 Å². The summed E-state index contributed by atoms with van der Waals surface area (Å²) >= 11 is 15.3. The van der Waals surface area contributed by atoms with Crippen molar-refractivity contribution in [3.8, 4) is 0 Å². The first kappa shape index (κ1) is 12.8. The Hall–Kier alpha value is -0.610. The van der Waals surface area contributed by atoms with E-state index < -0.39 is 6.10 Å². The SMILES string of the molecule is OC(c1cc(Cl)ccc1Cl)c1ncccc1Br. The molecule has 0 bridgehead atoms. The average molecular weight is 333 g/mol. The highest BCUT2D eigenvalue weighted by Crippen LogP contribution is 2.32. The van der Waals surface area contributed by atoms with E-state index in [1.165, 1.54) is 0 Å². The number of nitrogens with zero attached hydrogens (tertiary/aromatic N) is 1. The summed E-state index contributed by atoms with van der Waals surface area (Å²) in [7, 11) is 0. The molecule has 2 aromatic rings. The molecule has 0 radical (unpaired) electrons. The summed E-state index contributed by atoms with van der Waals surface area (Å²) < 4.78 is 0.726. The van der Waals surface area contributed by atoms with Gasteiger partial charge in [0.05, 0.1) is 5.69 Å². The summed E-state index contributed by atoms with van der Waals surface area (Å²) in [4.78, 5) is 4.13. The lowest BCUT2D eigenvalue weighted by molar-refractivity contribution is 0.214. The maximum atomic E-state index is 10.2. The number of aliphatic hydroxyl groups excluding tert-OH is 1. The first-order valence-corrected chi connectivity index (χ1v) is 6.38. The number of hydrogen-bond donors (Lipinski definition) is 1. The minimum atomic E-state index is -0.906. The Kier molecular flexibility index (Phi) is 4.05. The Balaban J connectivity index is 2.47. The normalized spacial score (nSPS) is 12.5. The summed E-state index contributed by atoms with van der Waals surface area (Å²) in [5, 5.41) is 11.2. The first-order valence-electron chi connectivity index (χ1n) is 4.83. The van der Waals surface area contributed by atoms with Crippen LogP contribution in [0.15, 0.2) is 41.0 Å². The second-order valence-corrected chi connectivity index (χ2v) is 5.14. The largest absolute Gasteiger partial charge is 0.382 e. The Bertz CT molecular complexity index is 548. The van der Waals surface area contributed by atoms with Crippen molar-refractivity contribution in [3.05, 3.63) is 62.3 Å². The van der Waals surface area contributed by atoms with Gasteiger partial charge in [-0.1, -0.05) is 23.2 Å². The van der Waals surface area contributed by atoms with E-state index >= 15 is 0 Å². The zero-order valence-electron chi connectivity index (χ0n) is 8.57. The van der Waals surface area contributed by atoms with Crippen molar-refractivity contribution in [1.29, 1.82) is 0 Å². The third-order valence-electron chi connectivity index (χ3n) is 2.30. The van der Waals surface area contributed by atoms with Crippen LogP contribution in [0.1, 0.15) is 17.4 Å². The first-order chi connectivity index (χ1) is 8.09. The van der Waals surface area contributed by atoms with Gasteiger partial charge in [0.25, 0.3) is 0 Å². The van der Waals surface area contributed by atoms with Crippen LogP contribution in [0, 0.1) is 0 Å². The van der Waals surface area contributed by atoms with Crippen molar-refractivity contribution in [3.63, 3.8) is 0 Å². The number of benzene rings is 1. The predicted molar refractivity (Wildman–Crippen MR) is 72.5 cm³/mol. The summed E-state index contributed by atoms with van der Waals surface area (Å²) in [5.74, 6) is 0. The molecule has 0 saturated carbocycles. The van der Waals surface area contributed by atoms with Crippen LogP contribution >= 0.6 is 39.1 Å². The van der Waals surface area contributed by atoms with Crippen LogP contribution in [0.3, 0.4) is 0 Å². The zero-order valence-corrected chi connectivity index (χ0v) is 11.7. The zero-order chi connectivity index (χ0) is 12.4. The molecule has 1 aromatic heterocycles. The summed E-state index contributed by atoms with van der Waals surface area (Å²) in [6.45, 7) is 0. The number of halogens is 3. The highest BCUT2D eigenvalue weighted by Gasteiger charge is 2.18. The molecule has 0 aliphatic heterocycles. The molecule has 0 aliphatic rings. The highest BCUT2D eigenvalue weighted by atomic mass is 79.9. The molecule has 2 nitrogen and oxygen atoms in total. The van der Waals surface area contributed by atoms with Crippen LogP contribution < -0.4 is 0 Å². The number of pyridine rings is 1. The van der Waals surface area contributed by atoms with Crippen LogP contribution in [0.25, 0.3) is 0 Å². The van der Waals surface area contributed by atoms with Crippen LogP contribution in [0.5, 0.6) is 0 Å². The van der Waals surface area contributed by atoms with Gasteiger partial charge in [-0.25, -0.2) is 0 Å². The van der Waals surface area contributed by atoms with Gasteiger partial charge >= 0.3 is 0 Å². The average Bonchev–Trinajstić information content (AvgIpc) is 2.32. The van der Waals surface area contributed by atoms with Gasteiger partial charge in [-0.2, -0.15) is 0 Å². The van der Waals surface area contributed by atoms with E-state index in [2.05, 4.69) is 20.9 Å². The third kappa shape index (κ3) is 2.80. The lowest BCUT2D eigenvalue weighted by Gasteiger charge is -2.13. The topological polar surface area (TPSA) is 33.1 Å². The molecule has 2 rings (SSSR count). The molecular weight excluding hydrogens is 325 g/mol. The van der Waals surface area contributed by atoms with Crippen molar-refractivity contribution in [2.45, 2.75) is 6.10 Å². The molecule has 1 heterocycles. The standard InChI is InChI=1S/C12H8BrCl2NO/c13-9-2-1-5-16-11(9)12(17)8-6-7(14)3-4-10(8)15/h1-6,12,17H. The van der Waals surface area contributed by atoms with Crippen molar-refractivity contribution >= 4 is 39.1 Å². The molecule has 1 atom stereocenters. The Morgan fingerprint density at radius 1 is 1.24 bits per heavy atom. The number of rotatable bonds is 2. The fourth-order valence-corrected chi connectivity index (χ4v) is 2.34. The van der Waals surface area contributed by atoms with Gasteiger partial charge in [0.2, 0.25) is 0 Å². The van der Waals surface area contributed by atoms with E-state index in [0.717, 1.165) is 4.47 Å². The molecule has 0 aliphatic carbocycles.